The molecule has 0 nitrogen and oxygen atoms in total. The van der Waals surface area contributed by atoms with Crippen LogP contribution in [-0.4, -0.2) is 0 Å². The topological polar surface area (TPSA) is 0 Å². The summed E-state index contributed by atoms with van der Waals surface area (Å²) in [6.07, 6.45) is 0. The smallest absolute Gasteiger partial charge is 0.129 e. The quantitative estimate of drug-likeness (QED) is 0.133. The summed E-state index contributed by atoms with van der Waals surface area (Å²) in [6, 6.07) is 45.1. The monoisotopic (exact) mass is 849 g/mol. The molecule has 0 amide bonds. The van der Waals surface area contributed by atoms with Crippen LogP contribution in [0.5, 0.6) is 0 Å². The molecule has 0 aliphatic rings. The van der Waals surface area contributed by atoms with Gasteiger partial charge in [0, 0.05) is 32.2 Å². The molecule has 57 heavy (non-hydrogen) atoms. The molecule has 0 fully saturated rings. The van der Waals surface area contributed by atoms with Gasteiger partial charge in [-0.15, -0.1) is 0 Å². The van der Waals surface area contributed by atoms with E-state index in [1.807, 2.05) is 78.9 Å². The van der Waals surface area contributed by atoms with Crippen LogP contribution in [0.25, 0.3) is 0 Å². The second-order valence-corrected chi connectivity index (χ2v) is 13.0. The molecule has 0 aliphatic heterocycles. The van der Waals surface area contributed by atoms with Gasteiger partial charge < -0.3 is 0 Å². The van der Waals surface area contributed by atoms with Crippen LogP contribution < -0.4 is 0 Å². The zero-order chi connectivity index (χ0) is 42.8. The van der Waals surface area contributed by atoms with E-state index in [0.29, 0.717) is 21.2 Å². The van der Waals surface area contributed by atoms with Crippen LogP contribution in [0.4, 0.5) is 22.0 Å². The van der Waals surface area contributed by atoms with E-state index in [-0.39, 0.29) is 11.4 Å². The molecular formula is C48H38Cl4F5. The van der Waals surface area contributed by atoms with Crippen molar-refractivity contribution in [2.75, 3.05) is 0 Å². The molecule has 0 bridgehead atoms. The van der Waals surface area contributed by atoms with Crippen molar-refractivity contribution in [2.45, 2.75) is 0 Å². The predicted molar refractivity (Wildman–Crippen MR) is 231 cm³/mol. The van der Waals surface area contributed by atoms with Gasteiger partial charge in [-0.2, -0.15) is 0 Å². The van der Waals surface area contributed by atoms with Gasteiger partial charge in [0.05, 0.1) is 0 Å². The second-order valence-electron chi connectivity index (χ2n) is 11.3. The molecule has 293 valence electrons. The lowest BCUT2D eigenvalue weighted by atomic mass is 10.2. The van der Waals surface area contributed by atoms with Crippen molar-refractivity contribution in [2.24, 2.45) is 0 Å². The second kappa shape index (κ2) is 28.7. The van der Waals surface area contributed by atoms with Crippen molar-refractivity contribution in [3.63, 3.8) is 0 Å². The van der Waals surface area contributed by atoms with E-state index in [1.165, 1.54) is 36.4 Å². The van der Waals surface area contributed by atoms with E-state index in [2.05, 4.69) is 47.6 Å². The van der Waals surface area contributed by atoms with E-state index in [9.17, 15) is 22.0 Å². The molecule has 9 heteroatoms. The van der Waals surface area contributed by atoms with Gasteiger partial charge in [-0.1, -0.05) is 119 Å². The van der Waals surface area contributed by atoms with Crippen molar-refractivity contribution in [1.82, 2.24) is 0 Å². The summed E-state index contributed by atoms with van der Waals surface area (Å²) in [5.41, 5.74) is 4.08. The number of hydrogen-bond donors (Lipinski definition) is 0. The molecular weight excluding hydrogens is 813 g/mol. The summed E-state index contributed by atoms with van der Waals surface area (Å²) < 4.78 is 60.8. The standard InChI is InChI=1S/C7H5Cl2.2C7H6Cl.2C7H5F2.C7H6F.C6H5/c1-5-2-6(8)4-7(9)3-5;1-6-2-4-7(8)5-3-6;1-6-3-2-4-7(8)5-6;1-5-2-6(8)4-7(9)3-5;1-5-2-3-6(8)4-7(5)9;1-6-3-2-4-7(8)5-6;1-2-4-6-5-3-1/h2-4H,1H2;2*2-5H,1H2;2*2-4H,1H2;2-5H,1H2;1-5H. The first-order valence-corrected chi connectivity index (χ1v) is 17.9. The molecule has 0 atom stereocenters. The maximum atomic E-state index is 12.3. The first kappa shape index (κ1) is 50.4. The molecule has 0 saturated carbocycles. The fraction of sp³-hybridized carbons (Fsp3) is 0. The molecule has 0 unspecified atom stereocenters. The number of benzene rings is 7. The number of rotatable bonds is 0. The summed E-state index contributed by atoms with van der Waals surface area (Å²) >= 11 is 22.4. The van der Waals surface area contributed by atoms with Crippen molar-refractivity contribution in [1.29, 1.82) is 0 Å². The summed E-state index contributed by atoms with van der Waals surface area (Å²) in [6.45, 7) is 21.3. The van der Waals surface area contributed by atoms with Crippen LogP contribution in [0.2, 0.25) is 20.1 Å². The minimum atomic E-state index is -0.602. The molecule has 7 aromatic rings. The van der Waals surface area contributed by atoms with Gasteiger partial charge in [0.1, 0.15) is 29.1 Å². The fourth-order valence-corrected chi connectivity index (χ4v) is 4.55. The molecule has 0 spiro atoms. The molecule has 0 heterocycles. The average Bonchev–Trinajstić information content (AvgIpc) is 3.12. The van der Waals surface area contributed by atoms with Gasteiger partial charge in [0.25, 0.3) is 0 Å². The van der Waals surface area contributed by atoms with Crippen LogP contribution in [0.3, 0.4) is 0 Å². The molecule has 0 saturated heterocycles. The Balaban J connectivity index is 0.000000333. The average molecular weight is 852 g/mol. The van der Waals surface area contributed by atoms with E-state index in [4.69, 9.17) is 46.4 Å². The number of hydrogen-bond acceptors (Lipinski definition) is 0. The summed E-state index contributed by atoms with van der Waals surface area (Å²) in [7, 11) is 0. The van der Waals surface area contributed by atoms with E-state index < -0.39 is 23.3 Å². The lowest BCUT2D eigenvalue weighted by Gasteiger charge is -1.93. The predicted octanol–water partition coefficient (Wildman–Crippen LogP) is 16.0. The Morgan fingerprint density at radius 3 is 1.14 bits per heavy atom. The Kier molecular flexibility index (Phi) is 25.4. The minimum absolute atomic E-state index is 0.219. The lowest BCUT2D eigenvalue weighted by Crippen LogP contribution is -1.81. The van der Waals surface area contributed by atoms with Gasteiger partial charge in [-0.25, -0.2) is 22.0 Å². The van der Waals surface area contributed by atoms with Crippen molar-refractivity contribution in [3.05, 3.63) is 288 Å². The SMILES string of the molecule is [CH2]c1cc(Cl)cc(Cl)c1.[CH2]c1cc(F)cc(F)c1.[CH2]c1ccc(Cl)cc1.[CH2]c1ccc(F)cc1F.[CH2]c1cccc(Cl)c1.[CH2]c1cccc(F)c1.[c]1ccccc1. The summed E-state index contributed by atoms with van der Waals surface area (Å²) in [5, 5.41) is 2.77. The highest BCUT2D eigenvalue weighted by atomic mass is 35.5. The Morgan fingerprint density at radius 1 is 0.333 bits per heavy atom. The zero-order valence-electron chi connectivity index (χ0n) is 30.7. The Bertz CT molecular complexity index is 1880. The molecule has 0 aliphatic carbocycles. The van der Waals surface area contributed by atoms with Crippen LogP contribution in [0, 0.1) is 76.7 Å². The van der Waals surface area contributed by atoms with Crippen LogP contribution in [0.15, 0.2) is 158 Å². The molecule has 7 rings (SSSR count). The van der Waals surface area contributed by atoms with E-state index >= 15 is 0 Å². The maximum Gasteiger partial charge on any atom is 0.129 e. The van der Waals surface area contributed by atoms with Crippen molar-refractivity contribution in [3.8, 4) is 0 Å². The van der Waals surface area contributed by atoms with Gasteiger partial charge in [0.2, 0.25) is 0 Å². The highest BCUT2D eigenvalue weighted by Gasteiger charge is 1.96. The third kappa shape index (κ3) is 26.8. The molecule has 7 aromatic carbocycles. The third-order valence-electron chi connectivity index (χ3n) is 6.16. The van der Waals surface area contributed by atoms with E-state index in [0.717, 1.165) is 38.9 Å². The Hall–Kier alpha value is -4.65. The number of halogens is 9. The lowest BCUT2D eigenvalue weighted by molar-refractivity contribution is 0.580. The fourth-order valence-electron chi connectivity index (χ4n) is 3.64. The molecule has 0 N–H and O–H groups in total. The molecule has 0 aromatic heterocycles. The van der Waals surface area contributed by atoms with Crippen LogP contribution >= 0.6 is 46.4 Å². The van der Waals surface area contributed by atoms with E-state index in [1.54, 1.807) is 30.3 Å². The van der Waals surface area contributed by atoms with Crippen molar-refractivity contribution >= 4 is 46.4 Å². The minimum Gasteiger partial charge on any atom is -0.207 e. The normalized spacial score (nSPS) is 9.32. The van der Waals surface area contributed by atoms with Crippen molar-refractivity contribution < 1.29 is 22.0 Å². The largest absolute Gasteiger partial charge is 0.207 e. The van der Waals surface area contributed by atoms with Crippen LogP contribution in [0.1, 0.15) is 33.4 Å². The van der Waals surface area contributed by atoms with Crippen LogP contribution in [-0.2, 0) is 0 Å². The molecule has 7 radical (unpaired) electrons. The first-order chi connectivity index (χ1) is 26.9. The Morgan fingerprint density at radius 2 is 0.807 bits per heavy atom. The maximum absolute atomic E-state index is 12.3. The van der Waals surface area contributed by atoms with Gasteiger partial charge in [0.15, 0.2) is 0 Å². The van der Waals surface area contributed by atoms with Gasteiger partial charge >= 0.3 is 0 Å². The third-order valence-corrected chi connectivity index (χ3v) is 7.08. The highest BCUT2D eigenvalue weighted by molar-refractivity contribution is 6.34. The highest BCUT2D eigenvalue weighted by Crippen LogP contribution is 2.18. The first-order valence-electron chi connectivity index (χ1n) is 16.4. The summed E-state index contributed by atoms with van der Waals surface area (Å²) in [4.78, 5) is 0. The zero-order valence-corrected chi connectivity index (χ0v) is 33.7. The van der Waals surface area contributed by atoms with Gasteiger partial charge in [-0.3, -0.25) is 0 Å². The van der Waals surface area contributed by atoms with Gasteiger partial charge in [-0.05, 0) is 154 Å². The summed E-state index contributed by atoms with van der Waals surface area (Å²) in [5.74, 6) is -2.56. The Labute approximate surface area is 354 Å².